The highest BCUT2D eigenvalue weighted by atomic mass is 79.9. The summed E-state index contributed by atoms with van der Waals surface area (Å²) in [5, 5.41) is 0. The molecule has 0 amide bonds. The Bertz CT molecular complexity index is 467. The Morgan fingerprint density at radius 2 is 2.00 bits per heavy atom. The van der Waals surface area contributed by atoms with Crippen molar-refractivity contribution in [2.75, 3.05) is 6.54 Å². The summed E-state index contributed by atoms with van der Waals surface area (Å²) in [5.74, 6) is 1.19. The van der Waals surface area contributed by atoms with E-state index in [-0.39, 0.29) is 17.2 Å². The second-order valence-electron chi connectivity index (χ2n) is 7.14. The zero-order valence-electron chi connectivity index (χ0n) is 12.6. The van der Waals surface area contributed by atoms with Crippen molar-refractivity contribution < 1.29 is 4.39 Å². The van der Waals surface area contributed by atoms with Gasteiger partial charge in [-0.2, -0.15) is 0 Å². The number of nitrogens with two attached hydrogens (primary N) is 1. The molecule has 1 fully saturated rings. The van der Waals surface area contributed by atoms with Crippen LogP contribution in [0, 0.1) is 23.1 Å². The molecule has 0 aliphatic heterocycles. The van der Waals surface area contributed by atoms with Crippen LogP contribution >= 0.6 is 15.9 Å². The summed E-state index contributed by atoms with van der Waals surface area (Å²) in [6, 6.07) is 5.27. The summed E-state index contributed by atoms with van der Waals surface area (Å²) >= 11 is 3.46. The van der Waals surface area contributed by atoms with Crippen molar-refractivity contribution in [1.29, 1.82) is 0 Å². The molecule has 1 aromatic carbocycles. The van der Waals surface area contributed by atoms with Crippen molar-refractivity contribution >= 4 is 15.9 Å². The van der Waals surface area contributed by atoms with Crippen LogP contribution in [0.15, 0.2) is 22.7 Å². The summed E-state index contributed by atoms with van der Waals surface area (Å²) in [7, 11) is 0. The van der Waals surface area contributed by atoms with Crippen molar-refractivity contribution in [3.05, 3.63) is 34.1 Å². The molecule has 1 aliphatic rings. The van der Waals surface area contributed by atoms with Crippen LogP contribution < -0.4 is 5.73 Å². The van der Waals surface area contributed by atoms with Gasteiger partial charge in [0.05, 0.1) is 0 Å². The zero-order chi connectivity index (χ0) is 14.9. The first kappa shape index (κ1) is 16.0. The lowest BCUT2D eigenvalue weighted by Gasteiger charge is -2.42. The fourth-order valence-corrected chi connectivity index (χ4v) is 3.86. The van der Waals surface area contributed by atoms with Crippen LogP contribution in [-0.4, -0.2) is 6.54 Å². The Hall–Kier alpha value is -0.410. The van der Waals surface area contributed by atoms with Gasteiger partial charge in [0.2, 0.25) is 0 Å². The first-order chi connectivity index (χ1) is 9.32. The molecular weight excluding hydrogens is 317 g/mol. The third-order valence-corrected chi connectivity index (χ3v) is 5.37. The molecule has 0 heterocycles. The number of benzene rings is 1. The second kappa shape index (κ2) is 6.15. The Morgan fingerprint density at radius 1 is 1.30 bits per heavy atom. The van der Waals surface area contributed by atoms with Crippen molar-refractivity contribution in [3.63, 3.8) is 0 Å². The molecule has 0 saturated heterocycles. The van der Waals surface area contributed by atoms with E-state index in [1.165, 1.54) is 6.42 Å². The highest BCUT2D eigenvalue weighted by molar-refractivity contribution is 9.10. The molecule has 1 aliphatic carbocycles. The maximum absolute atomic E-state index is 14.2. The molecule has 3 unspecified atom stereocenters. The van der Waals surface area contributed by atoms with E-state index in [1.807, 2.05) is 6.07 Å². The molecule has 0 radical (unpaired) electrons. The summed E-state index contributed by atoms with van der Waals surface area (Å²) in [5.41, 5.74) is 7.05. The molecule has 1 saturated carbocycles. The van der Waals surface area contributed by atoms with Crippen molar-refractivity contribution in [1.82, 2.24) is 0 Å². The van der Waals surface area contributed by atoms with Gasteiger partial charge in [0.1, 0.15) is 5.82 Å². The second-order valence-corrected chi connectivity index (χ2v) is 8.06. The maximum atomic E-state index is 14.2. The predicted molar refractivity (Wildman–Crippen MR) is 86.2 cm³/mol. The van der Waals surface area contributed by atoms with Crippen LogP contribution in [0.1, 0.15) is 51.5 Å². The van der Waals surface area contributed by atoms with Crippen LogP contribution in [-0.2, 0) is 0 Å². The fraction of sp³-hybridized carbons (Fsp3) is 0.647. The van der Waals surface area contributed by atoms with Gasteiger partial charge >= 0.3 is 0 Å². The summed E-state index contributed by atoms with van der Waals surface area (Å²) in [4.78, 5) is 0. The lowest BCUT2D eigenvalue weighted by atomic mass is 9.64. The molecule has 112 valence electrons. The third-order valence-electron chi connectivity index (χ3n) is 4.88. The lowest BCUT2D eigenvalue weighted by Crippen LogP contribution is -2.34. The Morgan fingerprint density at radius 3 is 2.60 bits per heavy atom. The van der Waals surface area contributed by atoms with Crippen LogP contribution in [0.4, 0.5) is 4.39 Å². The molecule has 0 bridgehead atoms. The van der Waals surface area contributed by atoms with Gasteiger partial charge in [0.15, 0.2) is 0 Å². The zero-order valence-corrected chi connectivity index (χ0v) is 14.2. The molecule has 0 aromatic heterocycles. The molecule has 1 nitrogen and oxygen atoms in total. The van der Waals surface area contributed by atoms with E-state index in [4.69, 9.17) is 5.73 Å². The van der Waals surface area contributed by atoms with E-state index in [2.05, 4.69) is 36.7 Å². The summed E-state index contributed by atoms with van der Waals surface area (Å²) < 4.78 is 15.2. The minimum Gasteiger partial charge on any atom is -0.330 e. The monoisotopic (exact) mass is 341 g/mol. The van der Waals surface area contributed by atoms with E-state index in [0.29, 0.717) is 18.4 Å². The maximum Gasteiger partial charge on any atom is 0.126 e. The number of hydrogen-bond acceptors (Lipinski definition) is 1. The largest absolute Gasteiger partial charge is 0.330 e. The van der Waals surface area contributed by atoms with Crippen LogP contribution in [0.25, 0.3) is 0 Å². The summed E-state index contributed by atoms with van der Waals surface area (Å²) in [6.07, 6.45) is 3.35. The Kier molecular flexibility index (Phi) is 4.91. The topological polar surface area (TPSA) is 26.0 Å². The van der Waals surface area contributed by atoms with Crippen molar-refractivity contribution in [3.8, 4) is 0 Å². The van der Waals surface area contributed by atoms with Crippen molar-refractivity contribution in [2.45, 2.75) is 46.0 Å². The molecule has 2 N–H and O–H groups in total. The SMILES string of the molecule is CC(C)(C)C1CCC(CN)C(c2cc(Br)ccc2F)C1. The van der Waals surface area contributed by atoms with E-state index in [9.17, 15) is 4.39 Å². The van der Waals surface area contributed by atoms with Gasteiger partial charge < -0.3 is 5.73 Å². The van der Waals surface area contributed by atoms with Gasteiger partial charge in [-0.1, -0.05) is 36.7 Å². The van der Waals surface area contributed by atoms with Gasteiger partial charge in [-0.05, 0) is 72.7 Å². The molecule has 3 atom stereocenters. The van der Waals surface area contributed by atoms with Gasteiger partial charge in [-0.3, -0.25) is 0 Å². The Balaban J connectivity index is 2.32. The Labute approximate surface area is 130 Å². The van der Waals surface area contributed by atoms with Gasteiger partial charge in [0.25, 0.3) is 0 Å². The molecular formula is C17H25BrFN. The van der Waals surface area contributed by atoms with Gasteiger partial charge in [0, 0.05) is 4.47 Å². The van der Waals surface area contributed by atoms with Crippen LogP contribution in [0.5, 0.6) is 0 Å². The number of halogens is 2. The average Bonchev–Trinajstić information content (AvgIpc) is 2.40. The molecule has 3 heteroatoms. The molecule has 0 spiro atoms. The normalized spacial score (nSPS) is 27.6. The van der Waals surface area contributed by atoms with Gasteiger partial charge in [-0.15, -0.1) is 0 Å². The van der Waals surface area contributed by atoms with Crippen molar-refractivity contribution in [2.24, 2.45) is 23.0 Å². The highest BCUT2D eigenvalue weighted by Gasteiger charge is 2.36. The smallest absolute Gasteiger partial charge is 0.126 e. The number of rotatable bonds is 2. The predicted octanol–water partition coefficient (Wildman–Crippen LogP) is 5.09. The van der Waals surface area contributed by atoms with Crippen LogP contribution in [0.2, 0.25) is 0 Å². The standard InChI is InChI=1S/C17H25BrFN/c1-17(2,3)12-5-4-11(10-20)14(8-12)15-9-13(18)6-7-16(15)19/h6-7,9,11-12,14H,4-5,8,10,20H2,1-3H3. The minimum absolute atomic E-state index is 0.0915. The first-order valence-corrected chi connectivity index (χ1v) is 8.27. The van der Waals surface area contributed by atoms with E-state index >= 15 is 0 Å². The minimum atomic E-state index is -0.0915. The first-order valence-electron chi connectivity index (χ1n) is 7.48. The fourth-order valence-electron chi connectivity index (χ4n) is 3.48. The van der Waals surface area contributed by atoms with E-state index < -0.39 is 0 Å². The quantitative estimate of drug-likeness (QED) is 0.796. The molecule has 1 aromatic rings. The number of hydrogen-bond donors (Lipinski definition) is 1. The lowest BCUT2D eigenvalue weighted by molar-refractivity contribution is 0.131. The van der Waals surface area contributed by atoms with Crippen LogP contribution in [0.3, 0.4) is 0 Å². The van der Waals surface area contributed by atoms with E-state index in [1.54, 1.807) is 12.1 Å². The molecule has 2 rings (SSSR count). The van der Waals surface area contributed by atoms with E-state index in [0.717, 1.165) is 22.9 Å². The average molecular weight is 342 g/mol. The summed E-state index contributed by atoms with van der Waals surface area (Å²) in [6.45, 7) is 7.51. The molecule has 20 heavy (non-hydrogen) atoms. The third kappa shape index (κ3) is 3.43. The highest BCUT2D eigenvalue weighted by Crippen LogP contribution is 2.47. The van der Waals surface area contributed by atoms with Gasteiger partial charge in [-0.25, -0.2) is 4.39 Å².